The highest BCUT2D eigenvalue weighted by Crippen LogP contribution is 2.31. The Kier molecular flexibility index (Phi) is 4.86. The van der Waals surface area contributed by atoms with Gasteiger partial charge in [0.15, 0.2) is 0 Å². The summed E-state index contributed by atoms with van der Waals surface area (Å²) in [7, 11) is 0. The van der Waals surface area contributed by atoms with Crippen molar-refractivity contribution in [3.8, 4) is 0 Å². The minimum atomic E-state index is -0.429. The van der Waals surface area contributed by atoms with E-state index in [9.17, 15) is 4.79 Å². The summed E-state index contributed by atoms with van der Waals surface area (Å²) in [5, 5.41) is 6.98. The van der Waals surface area contributed by atoms with E-state index in [0.29, 0.717) is 24.2 Å². The van der Waals surface area contributed by atoms with Gasteiger partial charge in [0.1, 0.15) is 6.10 Å². The van der Waals surface area contributed by atoms with Crippen LogP contribution in [0.1, 0.15) is 19.8 Å². The monoisotopic (exact) mass is 323 g/mol. The Morgan fingerprint density at radius 2 is 2.23 bits per heavy atom. The zero-order valence-electron chi connectivity index (χ0n) is 12.8. The Balaban J connectivity index is 1.68. The first kappa shape index (κ1) is 15.6. The average Bonchev–Trinajstić information content (AvgIpc) is 3.34. The molecule has 0 aromatic heterocycles. The molecule has 3 rings (SSSR count). The molecule has 22 heavy (non-hydrogen) atoms. The third-order valence-electron chi connectivity index (χ3n) is 4.07. The SMILES string of the molecule is CCN1CCO[C@@H](C(=O)Nc2cc(Cl)ccc2NC2CC2)C1. The second-order valence-electron chi connectivity index (χ2n) is 5.85. The number of morpholine rings is 1. The number of benzene rings is 1. The normalized spacial score (nSPS) is 22.4. The fourth-order valence-electron chi connectivity index (χ4n) is 2.55. The lowest BCUT2D eigenvalue weighted by Crippen LogP contribution is -2.47. The fourth-order valence-corrected chi connectivity index (χ4v) is 2.73. The van der Waals surface area contributed by atoms with E-state index in [1.807, 2.05) is 12.1 Å². The van der Waals surface area contributed by atoms with Crippen molar-refractivity contribution in [2.24, 2.45) is 0 Å². The molecule has 0 radical (unpaired) electrons. The van der Waals surface area contributed by atoms with Crippen LogP contribution >= 0.6 is 11.6 Å². The number of carbonyl (C=O) groups excluding carboxylic acids is 1. The molecule has 2 N–H and O–H groups in total. The molecule has 6 heteroatoms. The molecule has 1 atom stereocenters. The van der Waals surface area contributed by atoms with Crippen molar-refractivity contribution < 1.29 is 9.53 Å². The Hall–Kier alpha value is -1.30. The summed E-state index contributed by atoms with van der Waals surface area (Å²) < 4.78 is 5.60. The quantitative estimate of drug-likeness (QED) is 0.874. The summed E-state index contributed by atoms with van der Waals surface area (Å²) in [6.45, 7) is 5.13. The number of rotatable bonds is 5. The molecule has 5 nitrogen and oxygen atoms in total. The minimum absolute atomic E-state index is 0.112. The van der Waals surface area contributed by atoms with Crippen molar-refractivity contribution >= 4 is 28.9 Å². The highest BCUT2D eigenvalue weighted by atomic mass is 35.5. The predicted octanol–water partition coefficient (Wildman–Crippen LogP) is 2.57. The molecule has 1 heterocycles. The molecule has 2 aliphatic rings. The van der Waals surface area contributed by atoms with Crippen LogP contribution in [0, 0.1) is 0 Å². The van der Waals surface area contributed by atoms with Gasteiger partial charge in [-0.2, -0.15) is 0 Å². The van der Waals surface area contributed by atoms with Gasteiger partial charge >= 0.3 is 0 Å². The molecule has 1 aliphatic carbocycles. The van der Waals surface area contributed by atoms with E-state index in [0.717, 1.165) is 24.5 Å². The summed E-state index contributed by atoms with van der Waals surface area (Å²) in [5.41, 5.74) is 1.64. The van der Waals surface area contributed by atoms with Gasteiger partial charge in [0, 0.05) is 24.2 Å². The minimum Gasteiger partial charge on any atom is -0.381 e. The number of carbonyl (C=O) groups is 1. The second-order valence-corrected chi connectivity index (χ2v) is 6.29. The molecule has 1 aromatic carbocycles. The molecule has 1 aliphatic heterocycles. The smallest absolute Gasteiger partial charge is 0.254 e. The van der Waals surface area contributed by atoms with Crippen LogP contribution < -0.4 is 10.6 Å². The van der Waals surface area contributed by atoms with Crippen LogP contribution in [0.15, 0.2) is 18.2 Å². The van der Waals surface area contributed by atoms with Crippen molar-refractivity contribution in [3.05, 3.63) is 23.2 Å². The maximum absolute atomic E-state index is 12.5. The van der Waals surface area contributed by atoms with Gasteiger partial charge in [-0.05, 0) is 37.6 Å². The number of amides is 1. The molecule has 1 aromatic rings. The lowest BCUT2D eigenvalue weighted by atomic mass is 10.2. The van der Waals surface area contributed by atoms with E-state index < -0.39 is 6.10 Å². The Labute approximate surface area is 136 Å². The van der Waals surface area contributed by atoms with Crippen LogP contribution in [0.25, 0.3) is 0 Å². The van der Waals surface area contributed by atoms with Gasteiger partial charge in [-0.15, -0.1) is 0 Å². The van der Waals surface area contributed by atoms with Crippen molar-refractivity contribution in [1.82, 2.24) is 4.90 Å². The number of likely N-dealkylation sites (N-methyl/N-ethyl adjacent to an activating group) is 1. The van der Waals surface area contributed by atoms with Crippen molar-refractivity contribution in [1.29, 1.82) is 0 Å². The molecule has 1 saturated carbocycles. The third-order valence-corrected chi connectivity index (χ3v) is 4.30. The van der Waals surface area contributed by atoms with Crippen LogP contribution in [0.4, 0.5) is 11.4 Å². The number of ether oxygens (including phenoxy) is 1. The van der Waals surface area contributed by atoms with E-state index in [4.69, 9.17) is 16.3 Å². The predicted molar refractivity (Wildman–Crippen MR) is 88.6 cm³/mol. The van der Waals surface area contributed by atoms with E-state index in [1.165, 1.54) is 12.8 Å². The summed E-state index contributed by atoms with van der Waals surface area (Å²) in [5.74, 6) is -0.112. The van der Waals surface area contributed by atoms with E-state index in [2.05, 4.69) is 22.5 Å². The number of halogens is 1. The number of hydrogen-bond donors (Lipinski definition) is 2. The molecule has 0 spiro atoms. The lowest BCUT2D eigenvalue weighted by molar-refractivity contribution is -0.132. The first-order valence-electron chi connectivity index (χ1n) is 7.86. The van der Waals surface area contributed by atoms with Gasteiger partial charge in [-0.3, -0.25) is 9.69 Å². The molecule has 0 bridgehead atoms. The van der Waals surface area contributed by atoms with Crippen molar-refractivity contribution in [2.45, 2.75) is 31.9 Å². The molecular weight excluding hydrogens is 302 g/mol. The van der Waals surface area contributed by atoms with Crippen LogP contribution in [0.5, 0.6) is 0 Å². The number of anilines is 2. The summed E-state index contributed by atoms with van der Waals surface area (Å²) in [6.07, 6.45) is 1.92. The topological polar surface area (TPSA) is 53.6 Å². The van der Waals surface area contributed by atoms with Gasteiger partial charge in [0.25, 0.3) is 5.91 Å². The van der Waals surface area contributed by atoms with Crippen molar-refractivity contribution in [2.75, 3.05) is 36.9 Å². The standard InChI is InChI=1S/C16H22ClN3O2/c1-2-20-7-8-22-15(10-20)16(21)19-14-9-11(17)3-6-13(14)18-12-4-5-12/h3,6,9,12,15,18H,2,4-5,7-8,10H2,1H3,(H,19,21)/t15-/m1/s1. The first-order valence-corrected chi connectivity index (χ1v) is 8.24. The van der Waals surface area contributed by atoms with Crippen LogP contribution in [0.3, 0.4) is 0 Å². The molecular formula is C16H22ClN3O2. The largest absolute Gasteiger partial charge is 0.381 e. The van der Waals surface area contributed by atoms with E-state index >= 15 is 0 Å². The van der Waals surface area contributed by atoms with Gasteiger partial charge in [0.2, 0.25) is 0 Å². The fraction of sp³-hybridized carbons (Fsp3) is 0.562. The maximum atomic E-state index is 12.5. The van der Waals surface area contributed by atoms with Crippen molar-refractivity contribution in [3.63, 3.8) is 0 Å². The Bertz CT molecular complexity index is 548. The summed E-state index contributed by atoms with van der Waals surface area (Å²) in [6, 6.07) is 6.04. The Morgan fingerprint density at radius 3 is 2.95 bits per heavy atom. The van der Waals surface area contributed by atoms with E-state index in [1.54, 1.807) is 6.07 Å². The zero-order valence-corrected chi connectivity index (χ0v) is 13.5. The van der Waals surface area contributed by atoms with Crippen LogP contribution in [-0.2, 0) is 9.53 Å². The van der Waals surface area contributed by atoms with Gasteiger partial charge in [-0.25, -0.2) is 0 Å². The van der Waals surface area contributed by atoms with Crippen LogP contribution in [0.2, 0.25) is 5.02 Å². The van der Waals surface area contributed by atoms with E-state index in [-0.39, 0.29) is 5.91 Å². The van der Waals surface area contributed by atoms with Gasteiger partial charge in [-0.1, -0.05) is 18.5 Å². The summed E-state index contributed by atoms with van der Waals surface area (Å²) >= 11 is 6.07. The number of hydrogen-bond acceptors (Lipinski definition) is 4. The Morgan fingerprint density at radius 1 is 1.41 bits per heavy atom. The number of nitrogens with one attached hydrogen (secondary N) is 2. The average molecular weight is 324 g/mol. The molecule has 2 fully saturated rings. The lowest BCUT2D eigenvalue weighted by Gasteiger charge is -2.31. The third kappa shape index (κ3) is 3.91. The molecule has 120 valence electrons. The second kappa shape index (κ2) is 6.86. The van der Waals surface area contributed by atoms with Crippen LogP contribution in [-0.4, -0.2) is 49.2 Å². The molecule has 1 saturated heterocycles. The summed E-state index contributed by atoms with van der Waals surface area (Å²) in [4.78, 5) is 14.7. The zero-order chi connectivity index (χ0) is 15.5. The molecule has 1 amide bonds. The van der Waals surface area contributed by atoms with Gasteiger partial charge in [0.05, 0.1) is 18.0 Å². The van der Waals surface area contributed by atoms with Gasteiger partial charge < -0.3 is 15.4 Å². The molecule has 0 unspecified atom stereocenters. The highest BCUT2D eigenvalue weighted by molar-refractivity contribution is 6.31. The number of nitrogens with zero attached hydrogens (tertiary/aromatic N) is 1. The highest BCUT2D eigenvalue weighted by Gasteiger charge is 2.27. The maximum Gasteiger partial charge on any atom is 0.254 e. The first-order chi connectivity index (χ1) is 10.7.